The van der Waals surface area contributed by atoms with E-state index in [4.69, 9.17) is 4.74 Å². The van der Waals surface area contributed by atoms with Crippen molar-refractivity contribution in [3.63, 3.8) is 0 Å². The number of rotatable bonds is 3. The second-order valence-corrected chi connectivity index (χ2v) is 5.69. The van der Waals surface area contributed by atoms with Crippen LogP contribution in [0.15, 0.2) is 48.2 Å². The van der Waals surface area contributed by atoms with Crippen molar-refractivity contribution >= 4 is 11.9 Å². The molecule has 0 saturated heterocycles. The number of ketones is 1. The number of hydrogen-bond donors (Lipinski definition) is 0. The fourth-order valence-corrected chi connectivity index (χ4v) is 2.53. The fourth-order valence-electron chi connectivity index (χ4n) is 2.53. The molecule has 3 heteroatoms. The SMILES string of the molecule is Cc1ccc(Oc2cccc(C=C3CCC(=O)CC3)c2)nc1. The Kier molecular flexibility index (Phi) is 4.33. The van der Waals surface area contributed by atoms with Gasteiger partial charge >= 0.3 is 0 Å². The highest BCUT2D eigenvalue weighted by atomic mass is 16.5. The molecule has 0 N–H and O–H groups in total. The number of ether oxygens (including phenoxy) is 1. The number of allylic oxidation sites excluding steroid dienone is 1. The molecular weight excluding hydrogens is 274 g/mol. The molecule has 0 radical (unpaired) electrons. The molecule has 1 aromatic heterocycles. The number of aryl methyl sites for hydroxylation is 1. The maximum Gasteiger partial charge on any atom is 0.219 e. The molecule has 112 valence electrons. The first-order valence-corrected chi connectivity index (χ1v) is 7.61. The molecule has 1 aliphatic carbocycles. The Hall–Kier alpha value is -2.42. The molecule has 2 aromatic rings. The lowest BCUT2D eigenvalue weighted by atomic mass is 9.92. The second-order valence-electron chi connectivity index (χ2n) is 5.69. The number of pyridine rings is 1. The van der Waals surface area contributed by atoms with Crippen molar-refractivity contribution in [2.75, 3.05) is 0 Å². The third-order valence-electron chi connectivity index (χ3n) is 3.79. The van der Waals surface area contributed by atoms with E-state index in [2.05, 4.69) is 17.1 Å². The lowest BCUT2D eigenvalue weighted by molar-refractivity contribution is -0.119. The van der Waals surface area contributed by atoms with Gasteiger partial charge in [-0.15, -0.1) is 0 Å². The summed E-state index contributed by atoms with van der Waals surface area (Å²) in [6.07, 6.45) is 7.07. The van der Waals surface area contributed by atoms with E-state index in [1.165, 1.54) is 5.57 Å². The van der Waals surface area contributed by atoms with Gasteiger partial charge in [0.1, 0.15) is 11.5 Å². The monoisotopic (exact) mass is 293 g/mol. The molecule has 1 aliphatic rings. The number of carbonyl (C=O) groups is 1. The zero-order valence-electron chi connectivity index (χ0n) is 12.7. The van der Waals surface area contributed by atoms with Gasteiger partial charge in [0.05, 0.1) is 0 Å². The van der Waals surface area contributed by atoms with Gasteiger partial charge in [-0.3, -0.25) is 4.79 Å². The molecule has 22 heavy (non-hydrogen) atoms. The normalized spacial score (nSPS) is 14.8. The van der Waals surface area contributed by atoms with Crippen LogP contribution in [0.1, 0.15) is 36.8 Å². The van der Waals surface area contributed by atoms with Gasteiger partial charge in [-0.2, -0.15) is 0 Å². The molecule has 0 aliphatic heterocycles. The van der Waals surface area contributed by atoms with E-state index in [-0.39, 0.29) is 0 Å². The number of nitrogens with zero attached hydrogens (tertiary/aromatic N) is 1. The van der Waals surface area contributed by atoms with Crippen LogP contribution in [0.25, 0.3) is 6.08 Å². The van der Waals surface area contributed by atoms with Crippen molar-refractivity contribution in [1.82, 2.24) is 4.98 Å². The van der Waals surface area contributed by atoms with Crippen LogP contribution in [-0.4, -0.2) is 10.8 Å². The lowest BCUT2D eigenvalue weighted by Crippen LogP contribution is -2.05. The Morgan fingerprint density at radius 1 is 1.09 bits per heavy atom. The lowest BCUT2D eigenvalue weighted by Gasteiger charge is -2.13. The molecule has 0 spiro atoms. The van der Waals surface area contributed by atoms with Gasteiger partial charge in [0, 0.05) is 25.1 Å². The summed E-state index contributed by atoms with van der Waals surface area (Å²) in [5.74, 6) is 1.75. The Bertz CT molecular complexity index is 690. The molecule has 0 atom stereocenters. The summed E-state index contributed by atoms with van der Waals surface area (Å²) in [6.45, 7) is 2.00. The van der Waals surface area contributed by atoms with E-state index >= 15 is 0 Å². The Labute approximate surface area is 130 Å². The van der Waals surface area contributed by atoms with E-state index in [0.29, 0.717) is 24.5 Å². The summed E-state index contributed by atoms with van der Waals surface area (Å²) in [5, 5.41) is 0. The van der Waals surface area contributed by atoms with E-state index in [0.717, 1.165) is 29.7 Å². The van der Waals surface area contributed by atoms with E-state index in [1.54, 1.807) is 6.20 Å². The number of carbonyl (C=O) groups excluding carboxylic acids is 1. The summed E-state index contributed by atoms with van der Waals surface area (Å²) in [7, 11) is 0. The Morgan fingerprint density at radius 3 is 2.64 bits per heavy atom. The predicted octanol–water partition coefficient (Wildman–Crippen LogP) is 4.71. The molecular formula is C19H19NO2. The molecule has 3 rings (SSSR count). The molecule has 1 fully saturated rings. The van der Waals surface area contributed by atoms with Crippen LogP contribution in [0, 0.1) is 6.92 Å². The maximum absolute atomic E-state index is 11.3. The Balaban J connectivity index is 1.73. The van der Waals surface area contributed by atoms with Crippen molar-refractivity contribution in [3.05, 3.63) is 59.3 Å². The van der Waals surface area contributed by atoms with E-state index in [9.17, 15) is 4.79 Å². The van der Waals surface area contributed by atoms with Gasteiger partial charge in [-0.05, 0) is 43.0 Å². The third-order valence-corrected chi connectivity index (χ3v) is 3.79. The van der Waals surface area contributed by atoms with Gasteiger partial charge in [-0.25, -0.2) is 4.98 Å². The predicted molar refractivity (Wildman–Crippen MR) is 86.9 cm³/mol. The molecule has 0 bridgehead atoms. The quantitative estimate of drug-likeness (QED) is 0.822. The first kappa shape index (κ1) is 14.5. The van der Waals surface area contributed by atoms with Gasteiger partial charge < -0.3 is 4.74 Å². The van der Waals surface area contributed by atoms with Crippen molar-refractivity contribution in [2.45, 2.75) is 32.6 Å². The molecule has 0 unspecified atom stereocenters. The van der Waals surface area contributed by atoms with Gasteiger partial charge in [0.15, 0.2) is 0 Å². The number of benzene rings is 1. The second kappa shape index (κ2) is 6.56. The van der Waals surface area contributed by atoms with Crippen molar-refractivity contribution in [3.8, 4) is 11.6 Å². The topological polar surface area (TPSA) is 39.2 Å². The third kappa shape index (κ3) is 3.82. The van der Waals surface area contributed by atoms with Crippen molar-refractivity contribution < 1.29 is 9.53 Å². The zero-order valence-corrected chi connectivity index (χ0v) is 12.7. The van der Waals surface area contributed by atoms with Crippen LogP contribution in [0.2, 0.25) is 0 Å². The minimum atomic E-state index is 0.375. The molecule has 1 saturated carbocycles. The number of hydrogen-bond acceptors (Lipinski definition) is 3. The summed E-state index contributed by atoms with van der Waals surface area (Å²) in [4.78, 5) is 15.5. The van der Waals surface area contributed by atoms with Gasteiger partial charge in [0.2, 0.25) is 5.88 Å². The summed E-state index contributed by atoms with van der Waals surface area (Å²) in [5.41, 5.74) is 3.55. The summed E-state index contributed by atoms with van der Waals surface area (Å²) >= 11 is 0. The average Bonchev–Trinajstić information content (AvgIpc) is 2.52. The van der Waals surface area contributed by atoms with Crippen LogP contribution in [0.5, 0.6) is 11.6 Å². The van der Waals surface area contributed by atoms with E-state index in [1.807, 2.05) is 37.3 Å². The fraction of sp³-hybridized carbons (Fsp3) is 0.263. The number of Topliss-reactive ketones (excluding diaryl/α,β-unsaturated/α-hetero) is 1. The largest absolute Gasteiger partial charge is 0.439 e. The van der Waals surface area contributed by atoms with Gasteiger partial charge in [0.25, 0.3) is 0 Å². The highest BCUT2D eigenvalue weighted by Gasteiger charge is 2.12. The summed E-state index contributed by atoms with van der Waals surface area (Å²) in [6, 6.07) is 11.8. The average molecular weight is 293 g/mol. The highest BCUT2D eigenvalue weighted by Crippen LogP contribution is 2.26. The zero-order chi connectivity index (χ0) is 15.4. The van der Waals surface area contributed by atoms with E-state index < -0.39 is 0 Å². The van der Waals surface area contributed by atoms with Crippen molar-refractivity contribution in [2.24, 2.45) is 0 Å². The van der Waals surface area contributed by atoms with Crippen LogP contribution >= 0.6 is 0 Å². The number of aromatic nitrogens is 1. The Morgan fingerprint density at radius 2 is 1.91 bits per heavy atom. The van der Waals surface area contributed by atoms with Crippen LogP contribution in [0.3, 0.4) is 0 Å². The first-order chi connectivity index (χ1) is 10.7. The standard InChI is InChI=1S/C19H19NO2/c1-14-5-10-19(20-13-14)22-18-4-2-3-16(12-18)11-15-6-8-17(21)9-7-15/h2-5,10-13H,6-9H2,1H3. The maximum atomic E-state index is 11.3. The van der Waals surface area contributed by atoms with Crippen molar-refractivity contribution in [1.29, 1.82) is 0 Å². The summed E-state index contributed by atoms with van der Waals surface area (Å²) < 4.78 is 5.79. The van der Waals surface area contributed by atoms with Crippen LogP contribution in [-0.2, 0) is 4.79 Å². The van der Waals surface area contributed by atoms with Crippen LogP contribution < -0.4 is 4.74 Å². The first-order valence-electron chi connectivity index (χ1n) is 7.61. The molecule has 3 nitrogen and oxygen atoms in total. The molecule has 0 amide bonds. The molecule has 1 heterocycles. The minimum Gasteiger partial charge on any atom is -0.439 e. The highest BCUT2D eigenvalue weighted by molar-refractivity contribution is 5.80. The smallest absolute Gasteiger partial charge is 0.219 e. The molecule has 1 aromatic carbocycles. The minimum absolute atomic E-state index is 0.375. The van der Waals surface area contributed by atoms with Crippen LogP contribution in [0.4, 0.5) is 0 Å². The van der Waals surface area contributed by atoms with Gasteiger partial charge in [-0.1, -0.05) is 29.8 Å².